The van der Waals surface area contributed by atoms with E-state index < -0.39 is 18.0 Å². The number of carboxylic acids is 1. The summed E-state index contributed by atoms with van der Waals surface area (Å²) in [7, 11) is 2.04. The van der Waals surface area contributed by atoms with E-state index in [1.54, 1.807) is 0 Å². The van der Waals surface area contributed by atoms with Crippen LogP contribution >= 0.6 is 0 Å². The zero-order valence-corrected chi connectivity index (χ0v) is 10.4. The zero-order valence-electron chi connectivity index (χ0n) is 10.4. The fourth-order valence-corrected chi connectivity index (χ4v) is 1.92. The van der Waals surface area contributed by atoms with Crippen LogP contribution in [0, 0.1) is 0 Å². The molecule has 1 rings (SSSR count). The Morgan fingerprint density at radius 1 is 1.47 bits per heavy atom. The van der Waals surface area contributed by atoms with Crippen molar-refractivity contribution in [2.24, 2.45) is 0 Å². The number of nitrogens with one attached hydrogen (secondary N) is 2. The third-order valence-electron chi connectivity index (χ3n) is 3.14. The second kappa shape index (κ2) is 6.44. The average Bonchev–Trinajstić information content (AvgIpc) is 2.27. The highest BCUT2D eigenvalue weighted by atomic mass is 16.4. The van der Waals surface area contributed by atoms with Crippen molar-refractivity contribution >= 4 is 12.0 Å². The lowest BCUT2D eigenvalue weighted by atomic mass is 10.0. The standard InChI is InChI=1S/C11H21N3O3/c1-8(10(15)16)13-11(17)12-7-9-5-3-4-6-14(9)2/h8-9H,3-7H2,1-2H3,(H,15,16)(H2,12,13,17)/t8-,9?/m0/s1. The Hall–Kier alpha value is -1.30. The molecule has 1 aliphatic heterocycles. The molecule has 1 fully saturated rings. The molecule has 3 N–H and O–H groups in total. The van der Waals surface area contributed by atoms with E-state index in [1.807, 2.05) is 7.05 Å². The van der Waals surface area contributed by atoms with Gasteiger partial charge in [0.2, 0.25) is 0 Å². The molecular weight excluding hydrogens is 222 g/mol. The monoisotopic (exact) mass is 243 g/mol. The van der Waals surface area contributed by atoms with Gasteiger partial charge >= 0.3 is 12.0 Å². The van der Waals surface area contributed by atoms with Gasteiger partial charge in [0.15, 0.2) is 0 Å². The lowest BCUT2D eigenvalue weighted by molar-refractivity contribution is -0.138. The van der Waals surface area contributed by atoms with E-state index in [2.05, 4.69) is 15.5 Å². The number of hydrogen-bond donors (Lipinski definition) is 3. The quantitative estimate of drug-likeness (QED) is 0.661. The van der Waals surface area contributed by atoms with E-state index in [0.717, 1.165) is 13.0 Å². The number of amides is 2. The van der Waals surface area contributed by atoms with E-state index in [9.17, 15) is 9.59 Å². The maximum absolute atomic E-state index is 11.4. The highest BCUT2D eigenvalue weighted by Crippen LogP contribution is 2.13. The highest BCUT2D eigenvalue weighted by molar-refractivity contribution is 5.82. The molecule has 0 saturated carbocycles. The van der Waals surface area contributed by atoms with Crippen molar-refractivity contribution in [2.75, 3.05) is 20.1 Å². The van der Waals surface area contributed by atoms with Gasteiger partial charge in [0.25, 0.3) is 0 Å². The molecule has 1 aliphatic rings. The molecule has 1 saturated heterocycles. The third kappa shape index (κ3) is 4.60. The molecule has 0 aromatic carbocycles. The van der Waals surface area contributed by atoms with E-state index >= 15 is 0 Å². The normalized spacial score (nSPS) is 22.8. The molecule has 17 heavy (non-hydrogen) atoms. The Kier molecular flexibility index (Phi) is 5.21. The van der Waals surface area contributed by atoms with Crippen LogP contribution in [0.2, 0.25) is 0 Å². The SMILES string of the molecule is C[C@H](NC(=O)NCC1CCCCN1C)C(=O)O. The summed E-state index contributed by atoms with van der Waals surface area (Å²) in [6.45, 7) is 3.06. The van der Waals surface area contributed by atoms with Gasteiger partial charge in [0.1, 0.15) is 6.04 Å². The van der Waals surface area contributed by atoms with E-state index in [-0.39, 0.29) is 0 Å². The van der Waals surface area contributed by atoms with Crippen LogP contribution in [-0.4, -0.2) is 54.2 Å². The minimum atomic E-state index is -1.03. The number of urea groups is 1. The van der Waals surface area contributed by atoms with Gasteiger partial charge < -0.3 is 20.6 Å². The van der Waals surface area contributed by atoms with Crippen molar-refractivity contribution in [1.29, 1.82) is 0 Å². The van der Waals surface area contributed by atoms with Gasteiger partial charge in [0, 0.05) is 12.6 Å². The topological polar surface area (TPSA) is 81.7 Å². The summed E-state index contributed by atoms with van der Waals surface area (Å²) >= 11 is 0. The molecule has 98 valence electrons. The first-order valence-corrected chi connectivity index (χ1v) is 5.98. The summed E-state index contributed by atoms with van der Waals surface area (Å²) < 4.78 is 0. The van der Waals surface area contributed by atoms with Crippen LogP contribution in [0.4, 0.5) is 4.79 Å². The second-order valence-corrected chi connectivity index (χ2v) is 4.54. The Morgan fingerprint density at radius 3 is 2.76 bits per heavy atom. The van der Waals surface area contributed by atoms with Crippen molar-refractivity contribution in [2.45, 2.75) is 38.3 Å². The molecule has 2 amide bonds. The molecule has 0 spiro atoms. The highest BCUT2D eigenvalue weighted by Gasteiger charge is 2.20. The average molecular weight is 243 g/mol. The van der Waals surface area contributed by atoms with Crippen molar-refractivity contribution in [1.82, 2.24) is 15.5 Å². The summed E-state index contributed by atoms with van der Waals surface area (Å²) in [6, 6.07) is -0.924. The van der Waals surface area contributed by atoms with Crippen molar-refractivity contribution < 1.29 is 14.7 Å². The first-order valence-electron chi connectivity index (χ1n) is 5.98. The van der Waals surface area contributed by atoms with Gasteiger partial charge in [-0.3, -0.25) is 4.79 Å². The molecule has 1 unspecified atom stereocenters. The molecule has 6 nitrogen and oxygen atoms in total. The lowest BCUT2D eigenvalue weighted by Crippen LogP contribution is -2.49. The summed E-state index contributed by atoms with van der Waals surface area (Å²) in [5, 5.41) is 13.7. The molecule has 1 heterocycles. The van der Waals surface area contributed by atoms with Gasteiger partial charge in [-0.1, -0.05) is 6.42 Å². The predicted octanol–water partition coefficient (Wildman–Crippen LogP) is 0.243. The molecule has 0 bridgehead atoms. The number of rotatable bonds is 4. The number of piperidine rings is 1. The van der Waals surface area contributed by atoms with Crippen LogP contribution in [0.1, 0.15) is 26.2 Å². The molecule has 6 heteroatoms. The minimum Gasteiger partial charge on any atom is -0.480 e. The van der Waals surface area contributed by atoms with E-state index in [0.29, 0.717) is 12.6 Å². The molecule has 0 radical (unpaired) electrons. The molecular formula is C11H21N3O3. The van der Waals surface area contributed by atoms with Crippen molar-refractivity contribution in [3.05, 3.63) is 0 Å². The maximum Gasteiger partial charge on any atom is 0.325 e. The lowest BCUT2D eigenvalue weighted by Gasteiger charge is -2.32. The fourth-order valence-electron chi connectivity index (χ4n) is 1.92. The number of likely N-dealkylation sites (N-methyl/N-ethyl adjacent to an activating group) is 1. The number of carboxylic acid groups (broad SMARTS) is 1. The fraction of sp³-hybridized carbons (Fsp3) is 0.818. The maximum atomic E-state index is 11.4. The van der Waals surface area contributed by atoms with Crippen LogP contribution in [0.15, 0.2) is 0 Å². The number of aliphatic carboxylic acids is 1. The smallest absolute Gasteiger partial charge is 0.325 e. The largest absolute Gasteiger partial charge is 0.480 e. The predicted molar refractivity (Wildman–Crippen MR) is 63.9 cm³/mol. The number of carbonyl (C=O) groups excluding carboxylic acids is 1. The van der Waals surface area contributed by atoms with Crippen molar-refractivity contribution in [3.63, 3.8) is 0 Å². The number of nitrogens with zero attached hydrogens (tertiary/aromatic N) is 1. The van der Waals surface area contributed by atoms with Gasteiger partial charge in [-0.25, -0.2) is 4.79 Å². The van der Waals surface area contributed by atoms with Crippen LogP contribution in [0.25, 0.3) is 0 Å². The Balaban J connectivity index is 2.25. The summed E-state index contributed by atoms with van der Waals surface area (Å²) in [5.74, 6) is -1.03. The Morgan fingerprint density at radius 2 is 2.18 bits per heavy atom. The van der Waals surface area contributed by atoms with Gasteiger partial charge in [-0.2, -0.15) is 0 Å². The zero-order chi connectivity index (χ0) is 12.8. The first kappa shape index (κ1) is 13.8. The summed E-state index contributed by atoms with van der Waals surface area (Å²) in [6.07, 6.45) is 3.46. The van der Waals surface area contributed by atoms with Crippen LogP contribution < -0.4 is 10.6 Å². The minimum absolute atomic E-state index is 0.356. The Labute approximate surface area is 101 Å². The van der Waals surface area contributed by atoms with E-state index in [1.165, 1.54) is 19.8 Å². The molecule has 2 atom stereocenters. The van der Waals surface area contributed by atoms with Crippen LogP contribution in [0.3, 0.4) is 0 Å². The third-order valence-corrected chi connectivity index (χ3v) is 3.14. The first-order chi connectivity index (χ1) is 8.00. The van der Waals surface area contributed by atoms with Crippen LogP contribution in [0.5, 0.6) is 0 Å². The summed E-state index contributed by atoms with van der Waals surface area (Å²) in [4.78, 5) is 24.2. The van der Waals surface area contributed by atoms with Gasteiger partial charge in [0.05, 0.1) is 0 Å². The number of carbonyl (C=O) groups is 2. The van der Waals surface area contributed by atoms with Crippen LogP contribution in [-0.2, 0) is 4.79 Å². The molecule has 0 aliphatic carbocycles. The number of hydrogen-bond acceptors (Lipinski definition) is 3. The Bertz CT molecular complexity index is 283. The molecule has 0 aromatic heterocycles. The summed E-state index contributed by atoms with van der Waals surface area (Å²) in [5.41, 5.74) is 0. The van der Waals surface area contributed by atoms with Gasteiger partial charge in [-0.15, -0.1) is 0 Å². The van der Waals surface area contributed by atoms with Crippen molar-refractivity contribution in [3.8, 4) is 0 Å². The van der Waals surface area contributed by atoms with E-state index in [4.69, 9.17) is 5.11 Å². The molecule has 0 aromatic rings. The number of likely N-dealkylation sites (tertiary alicyclic amines) is 1. The second-order valence-electron chi connectivity index (χ2n) is 4.54. The van der Waals surface area contributed by atoms with Gasteiger partial charge in [-0.05, 0) is 33.4 Å².